The molecule has 0 unspecified atom stereocenters. The molecule has 0 aliphatic carbocycles. The summed E-state index contributed by atoms with van der Waals surface area (Å²) in [6, 6.07) is 5.80. The van der Waals surface area contributed by atoms with Crippen LogP contribution in [0.2, 0.25) is 0 Å². The summed E-state index contributed by atoms with van der Waals surface area (Å²) in [4.78, 5) is 17.0. The summed E-state index contributed by atoms with van der Waals surface area (Å²) in [5, 5.41) is 5.47. The van der Waals surface area contributed by atoms with Gasteiger partial charge >= 0.3 is 0 Å². The highest BCUT2D eigenvalue weighted by molar-refractivity contribution is 7.90. The van der Waals surface area contributed by atoms with Gasteiger partial charge in [-0.25, -0.2) is 18.1 Å². The average Bonchev–Trinajstić information content (AvgIpc) is 3.22. The highest BCUT2D eigenvalue weighted by atomic mass is 32.2. The van der Waals surface area contributed by atoms with Crippen molar-refractivity contribution in [1.82, 2.24) is 24.1 Å². The van der Waals surface area contributed by atoms with Crippen LogP contribution < -0.4 is 4.72 Å². The molecule has 3 aromatic rings. The van der Waals surface area contributed by atoms with E-state index in [0.29, 0.717) is 6.42 Å². The third-order valence-electron chi connectivity index (χ3n) is 4.90. The van der Waals surface area contributed by atoms with Gasteiger partial charge in [-0.2, -0.15) is 5.10 Å². The van der Waals surface area contributed by atoms with Crippen molar-refractivity contribution in [3.8, 4) is 5.82 Å². The van der Waals surface area contributed by atoms with E-state index in [9.17, 15) is 13.2 Å². The number of hydrogen-bond acceptors (Lipinski definition) is 5. The highest BCUT2D eigenvalue weighted by Crippen LogP contribution is 2.25. The molecule has 8 nitrogen and oxygen atoms in total. The molecular weight excluding hydrogens is 402 g/mol. The summed E-state index contributed by atoms with van der Waals surface area (Å²) in [6.07, 6.45) is 7.54. The molecule has 0 saturated carbocycles. The van der Waals surface area contributed by atoms with Crippen molar-refractivity contribution in [2.24, 2.45) is 7.05 Å². The van der Waals surface area contributed by atoms with E-state index in [-0.39, 0.29) is 11.3 Å². The number of hydrogen-bond donors (Lipinski definition) is 1. The molecule has 0 bridgehead atoms. The molecule has 3 rings (SSSR count). The van der Waals surface area contributed by atoms with Crippen molar-refractivity contribution in [2.45, 2.75) is 40.0 Å². The summed E-state index contributed by atoms with van der Waals surface area (Å²) in [5.74, 6) is 0.0632. The lowest BCUT2D eigenvalue weighted by Crippen LogP contribution is -2.33. The lowest BCUT2D eigenvalue weighted by Gasteiger charge is -2.09. The van der Waals surface area contributed by atoms with Gasteiger partial charge in [-0.1, -0.05) is 19.8 Å². The monoisotopic (exact) mass is 429 g/mol. The molecule has 30 heavy (non-hydrogen) atoms. The molecule has 1 N–H and O–H groups in total. The van der Waals surface area contributed by atoms with Crippen molar-refractivity contribution in [1.29, 1.82) is 0 Å². The molecule has 3 aromatic heterocycles. The quantitative estimate of drug-likeness (QED) is 0.438. The molecule has 9 heteroatoms. The normalized spacial score (nSPS) is 12.5. The first-order chi connectivity index (χ1) is 14.2. The van der Waals surface area contributed by atoms with Crippen LogP contribution in [0.4, 0.5) is 0 Å². The molecule has 0 aliphatic rings. The van der Waals surface area contributed by atoms with Gasteiger partial charge in [0.15, 0.2) is 0 Å². The van der Waals surface area contributed by atoms with Crippen LogP contribution in [0.15, 0.2) is 36.2 Å². The van der Waals surface area contributed by atoms with E-state index in [1.165, 1.54) is 0 Å². The lowest BCUT2D eigenvalue weighted by molar-refractivity contribution is -0.115. The maximum absolute atomic E-state index is 12.5. The summed E-state index contributed by atoms with van der Waals surface area (Å²) in [5.41, 5.74) is 2.52. The number of aromatic nitrogens is 4. The number of nitrogens with one attached hydrogen (secondary N) is 1. The van der Waals surface area contributed by atoms with Crippen LogP contribution in [0, 0.1) is 6.92 Å². The number of carbonyl (C=O) groups is 1. The molecular formula is C21H27N5O3S. The predicted molar refractivity (Wildman–Crippen MR) is 118 cm³/mol. The Bertz CT molecular complexity index is 1200. The fraction of sp³-hybridized carbons (Fsp3) is 0.381. The van der Waals surface area contributed by atoms with Crippen molar-refractivity contribution < 1.29 is 13.2 Å². The zero-order valence-electron chi connectivity index (χ0n) is 17.7. The molecule has 0 fully saturated rings. The average molecular weight is 430 g/mol. The second-order valence-electron chi connectivity index (χ2n) is 7.33. The maximum atomic E-state index is 12.5. The van der Waals surface area contributed by atoms with E-state index in [4.69, 9.17) is 0 Å². The van der Waals surface area contributed by atoms with Gasteiger partial charge < -0.3 is 0 Å². The van der Waals surface area contributed by atoms with Crippen LogP contribution in [0.3, 0.4) is 0 Å². The third-order valence-corrected chi connectivity index (χ3v) is 6.22. The Balaban J connectivity index is 1.93. The first kappa shape index (κ1) is 21.8. The fourth-order valence-corrected chi connectivity index (χ4v) is 4.48. The number of aryl methyl sites for hydroxylation is 2. The van der Waals surface area contributed by atoms with Crippen LogP contribution in [0.1, 0.15) is 44.4 Å². The van der Waals surface area contributed by atoms with E-state index in [2.05, 4.69) is 14.8 Å². The van der Waals surface area contributed by atoms with Gasteiger partial charge in [0, 0.05) is 36.0 Å². The van der Waals surface area contributed by atoms with Crippen molar-refractivity contribution >= 4 is 33.0 Å². The molecule has 0 aliphatic heterocycles. The maximum Gasteiger partial charge on any atom is 0.260 e. The molecule has 0 saturated heterocycles. The Hall–Kier alpha value is -2.94. The number of carbonyl (C=O) groups excluding carboxylic acids is 1. The van der Waals surface area contributed by atoms with Crippen LogP contribution in [0.25, 0.3) is 22.9 Å². The van der Waals surface area contributed by atoms with Crippen LogP contribution in [-0.4, -0.2) is 39.4 Å². The van der Waals surface area contributed by atoms with Gasteiger partial charge in [0.25, 0.3) is 5.91 Å². The molecule has 3 heterocycles. The largest absolute Gasteiger partial charge is 0.285 e. The van der Waals surface area contributed by atoms with Gasteiger partial charge in [0.2, 0.25) is 10.0 Å². The highest BCUT2D eigenvalue weighted by Gasteiger charge is 2.19. The van der Waals surface area contributed by atoms with Crippen LogP contribution in [0.5, 0.6) is 0 Å². The molecule has 1 amide bonds. The van der Waals surface area contributed by atoms with E-state index in [0.717, 1.165) is 41.0 Å². The third kappa shape index (κ3) is 4.62. The summed E-state index contributed by atoms with van der Waals surface area (Å²) >= 11 is 0. The second-order valence-corrected chi connectivity index (χ2v) is 9.17. The second kappa shape index (κ2) is 8.83. The molecule has 0 spiro atoms. The van der Waals surface area contributed by atoms with Crippen LogP contribution >= 0.6 is 0 Å². The van der Waals surface area contributed by atoms with Crippen molar-refractivity contribution in [3.63, 3.8) is 0 Å². The minimum Gasteiger partial charge on any atom is -0.285 e. The summed E-state index contributed by atoms with van der Waals surface area (Å²) in [7, 11) is -1.83. The Labute approximate surface area is 176 Å². The Morgan fingerprint density at radius 1 is 1.27 bits per heavy atom. The Morgan fingerprint density at radius 2 is 2.03 bits per heavy atom. The summed E-state index contributed by atoms with van der Waals surface area (Å²) in [6.45, 7) is 5.44. The van der Waals surface area contributed by atoms with E-state index in [1.807, 2.05) is 49.9 Å². The predicted octanol–water partition coefficient (Wildman–Crippen LogP) is 3.11. The Kier molecular flexibility index (Phi) is 6.40. The smallest absolute Gasteiger partial charge is 0.260 e. The zero-order chi connectivity index (χ0) is 21.9. The van der Waals surface area contributed by atoms with Gasteiger partial charge in [0.05, 0.1) is 11.4 Å². The molecule has 160 valence electrons. The van der Waals surface area contributed by atoms with E-state index >= 15 is 0 Å². The van der Waals surface area contributed by atoms with Gasteiger partial charge in [-0.15, -0.1) is 0 Å². The molecule has 0 atom stereocenters. The fourth-order valence-electron chi connectivity index (χ4n) is 3.35. The zero-order valence-corrected chi connectivity index (χ0v) is 18.5. The Morgan fingerprint density at radius 3 is 2.77 bits per heavy atom. The van der Waals surface area contributed by atoms with Gasteiger partial charge in [0.1, 0.15) is 11.5 Å². The number of amides is 1. The standard InChI is InChI=1S/C21H27N5O3S/c1-5-6-7-13-30(28,29)24-20(27)15(2)14-18-16(3)23-25(4)21(18)26-12-10-17-9-8-11-22-19(17)26/h8-12,14H,5-7,13H2,1-4H3,(H,24,27). The number of fused-ring (bicyclic) bond motifs is 1. The summed E-state index contributed by atoms with van der Waals surface area (Å²) < 4.78 is 30.1. The SMILES string of the molecule is CCCCCS(=O)(=O)NC(=O)C(C)=Cc1c(C)nn(C)c1-n1ccc2cccnc21. The number of rotatable bonds is 8. The molecule has 0 aromatic carbocycles. The first-order valence-electron chi connectivity index (χ1n) is 9.92. The van der Waals surface area contributed by atoms with Crippen molar-refractivity contribution in [3.05, 3.63) is 47.4 Å². The number of pyridine rings is 1. The van der Waals surface area contributed by atoms with Crippen LogP contribution in [-0.2, 0) is 21.9 Å². The lowest BCUT2D eigenvalue weighted by atomic mass is 10.1. The van der Waals surface area contributed by atoms with Crippen molar-refractivity contribution in [2.75, 3.05) is 5.75 Å². The van der Waals surface area contributed by atoms with E-state index < -0.39 is 15.9 Å². The number of unbranched alkanes of at least 4 members (excludes halogenated alkanes) is 2. The number of nitrogens with zero attached hydrogens (tertiary/aromatic N) is 4. The minimum atomic E-state index is -3.65. The van der Waals surface area contributed by atoms with E-state index in [1.54, 1.807) is 23.9 Å². The minimum absolute atomic E-state index is 0.0575. The van der Waals surface area contributed by atoms with Gasteiger partial charge in [-0.3, -0.25) is 14.0 Å². The number of sulfonamides is 1. The topological polar surface area (TPSA) is 98.9 Å². The molecule has 0 radical (unpaired) electrons. The first-order valence-corrected chi connectivity index (χ1v) is 11.6. The van der Waals surface area contributed by atoms with Gasteiger partial charge in [-0.05, 0) is 44.5 Å².